The summed E-state index contributed by atoms with van der Waals surface area (Å²) in [5.41, 5.74) is -1.19. The highest BCUT2D eigenvalue weighted by Crippen LogP contribution is 2.41. The van der Waals surface area contributed by atoms with Crippen LogP contribution in [-0.2, 0) is 16.2 Å². The fourth-order valence-electron chi connectivity index (χ4n) is 5.18. The molecule has 0 bridgehead atoms. The monoisotopic (exact) mass is 490 g/mol. The fraction of sp³-hybridized carbons (Fsp3) is 0.542. The summed E-state index contributed by atoms with van der Waals surface area (Å²) >= 11 is 1.45. The zero-order chi connectivity index (χ0) is 23.8. The van der Waals surface area contributed by atoms with E-state index in [-0.39, 0.29) is 18.7 Å². The lowest BCUT2D eigenvalue weighted by atomic mass is 9.81. The quantitative estimate of drug-likeness (QED) is 0.611. The third kappa shape index (κ3) is 4.53. The van der Waals surface area contributed by atoms with E-state index in [0.717, 1.165) is 11.4 Å². The van der Waals surface area contributed by atoms with Gasteiger partial charge in [-0.2, -0.15) is 0 Å². The number of rotatable bonds is 4. The van der Waals surface area contributed by atoms with Gasteiger partial charge >= 0.3 is 0 Å². The number of hydrogen-bond donors (Lipinski definition) is 0. The molecule has 0 atom stereocenters. The number of piperidine rings is 2. The smallest absolute Gasteiger partial charge is 0.260 e. The first-order chi connectivity index (χ1) is 16.4. The van der Waals surface area contributed by atoms with Gasteiger partial charge in [0.25, 0.3) is 5.91 Å². The number of nitrogens with zero attached hydrogens (tertiary/aromatic N) is 4. The van der Waals surface area contributed by atoms with Gasteiger partial charge in [0.05, 0.1) is 5.71 Å². The molecule has 7 nitrogen and oxygen atoms in total. The van der Waals surface area contributed by atoms with Gasteiger partial charge in [0.15, 0.2) is 5.67 Å². The number of carbonyl (C=O) groups is 1. The Morgan fingerprint density at radius 1 is 1.21 bits per heavy atom. The molecule has 1 spiro atoms. The first kappa shape index (κ1) is 23.2. The minimum Gasteiger partial charge on any atom is -0.486 e. The van der Waals surface area contributed by atoms with Gasteiger partial charge < -0.3 is 14.5 Å². The van der Waals surface area contributed by atoms with Crippen molar-refractivity contribution in [1.82, 2.24) is 14.2 Å². The number of halogens is 2. The highest BCUT2D eigenvalue weighted by molar-refractivity contribution is 7.05. The largest absolute Gasteiger partial charge is 0.486 e. The molecular formula is C24H28F2N4O3S. The van der Waals surface area contributed by atoms with Crippen LogP contribution in [0.3, 0.4) is 0 Å². The maximum Gasteiger partial charge on any atom is 0.260 e. The second-order valence-corrected chi connectivity index (χ2v) is 10.3. The van der Waals surface area contributed by atoms with Crippen LogP contribution >= 0.6 is 11.5 Å². The number of alkyl halides is 1. The van der Waals surface area contributed by atoms with E-state index >= 15 is 4.39 Å². The summed E-state index contributed by atoms with van der Waals surface area (Å²) in [7, 11) is 1.46. The minimum atomic E-state index is -1.82. The molecule has 3 aliphatic heterocycles. The summed E-state index contributed by atoms with van der Waals surface area (Å²) in [6.07, 6.45) is 3.72. The SMILES string of the molecule is CON=C1CC2(CCN(C(=O)C3(F)CCN(Cc4ccns4)CC3)CC2)Oc2ccc(F)cc21. The Balaban J connectivity index is 1.21. The van der Waals surface area contributed by atoms with Gasteiger partial charge in [-0.3, -0.25) is 9.69 Å². The fourth-order valence-corrected chi connectivity index (χ4v) is 5.80. The molecule has 34 heavy (non-hydrogen) atoms. The molecule has 1 aromatic carbocycles. The summed E-state index contributed by atoms with van der Waals surface area (Å²) in [4.78, 5) is 23.1. The predicted molar refractivity (Wildman–Crippen MR) is 124 cm³/mol. The number of hydrogen-bond acceptors (Lipinski definition) is 7. The second-order valence-electron chi connectivity index (χ2n) is 9.34. The molecule has 0 unspecified atom stereocenters. The summed E-state index contributed by atoms with van der Waals surface area (Å²) in [6, 6.07) is 6.33. The number of carbonyl (C=O) groups excluding carboxylic acids is 1. The molecule has 10 heteroatoms. The first-order valence-corrected chi connectivity index (χ1v) is 12.4. The van der Waals surface area contributed by atoms with Crippen molar-refractivity contribution in [3.05, 3.63) is 46.7 Å². The Labute approximate surface area is 201 Å². The summed E-state index contributed by atoms with van der Waals surface area (Å²) in [5.74, 6) is -0.226. The standard InChI is InChI=1S/C24H28F2N4O3S/c1-32-28-20-15-23(33-21-3-2-17(25)14-19(20)21)5-12-30(13-6-23)22(31)24(26)7-10-29(11-8-24)16-18-4-9-27-34-18/h2-4,9,14H,5-8,10-13,15-16H2,1H3. The first-order valence-electron chi connectivity index (χ1n) is 11.6. The van der Waals surface area contributed by atoms with Crippen molar-refractivity contribution in [2.75, 3.05) is 33.3 Å². The lowest BCUT2D eigenvalue weighted by Gasteiger charge is -2.46. The highest BCUT2D eigenvalue weighted by Gasteiger charge is 2.48. The van der Waals surface area contributed by atoms with Crippen LogP contribution in [0.4, 0.5) is 8.78 Å². The van der Waals surface area contributed by atoms with Gasteiger partial charge in [-0.05, 0) is 35.8 Å². The molecule has 0 saturated carbocycles. The molecule has 1 aromatic heterocycles. The molecule has 2 saturated heterocycles. The number of benzene rings is 1. The minimum absolute atomic E-state index is 0.201. The van der Waals surface area contributed by atoms with E-state index in [4.69, 9.17) is 9.57 Å². The van der Waals surface area contributed by atoms with Crippen molar-refractivity contribution in [1.29, 1.82) is 0 Å². The average Bonchev–Trinajstić information content (AvgIpc) is 3.35. The predicted octanol–water partition coefficient (Wildman–Crippen LogP) is 3.78. The molecule has 0 aliphatic carbocycles. The Hall–Kier alpha value is -2.59. The van der Waals surface area contributed by atoms with Crippen LogP contribution in [0.1, 0.15) is 42.5 Å². The summed E-state index contributed by atoms with van der Waals surface area (Å²) in [5, 5.41) is 4.11. The number of ether oxygens (including phenoxy) is 1. The average molecular weight is 491 g/mol. The molecule has 5 rings (SSSR count). The number of aromatic nitrogens is 1. The third-order valence-corrected chi connectivity index (χ3v) is 7.86. The van der Waals surface area contributed by atoms with Crippen LogP contribution in [0, 0.1) is 5.82 Å². The van der Waals surface area contributed by atoms with Gasteiger partial charge in [-0.25, -0.2) is 13.2 Å². The Kier molecular flexibility index (Phi) is 6.28. The van der Waals surface area contributed by atoms with Crippen LogP contribution < -0.4 is 4.74 Å². The molecule has 4 heterocycles. The second kappa shape index (κ2) is 9.22. The Morgan fingerprint density at radius 3 is 2.65 bits per heavy atom. The van der Waals surface area contributed by atoms with Crippen LogP contribution in [0.25, 0.3) is 0 Å². The highest BCUT2D eigenvalue weighted by atomic mass is 32.1. The van der Waals surface area contributed by atoms with E-state index in [1.54, 1.807) is 17.2 Å². The number of fused-ring (bicyclic) bond motifs is 1. The molecule has 182 valence electrons. The lowest BCUT2D eigenvalue weighted by Crippen LogP contribution is -2.57. The van der Waals surface area contributed by atoms with Gasteiger partial charge in [-0.15, -0.1) is 0 Å². The van der Waals surface area contributed by atoms with E-state index < -0.39 is 17.2 Å². The van der Waals surface area contributed by atoms with Crippen LogP contribution in [-0.4, -0.2) is 70.4 Å². The maximum atomic E-state index is 15.7. The maximum absolute atomic E-state index is 15.7. The normalized spacial score (nSPS) is 22.9. The molecule has 0 radical (unpaired) electrons. The number of amides is 1. The summed E-state index contributed by atoms with van der Waals surface area (Å²) in [6.45, 7) is 2.66. The van der Waals surface area contributed by atoms with Gasteiger partial charge in [0, 0.05) is 81.5 Å². The molecular weight excluding hydrogens is 462 g/mol. The number of likely N-dealkylation sites (tertiary alicyclic amines) is 2. The van der Waals surface area contributed by atoms with E-state index in [2.05, 4.69) is 14.4 Å². The van der Waals surface area contributed by atoms with Crippen molar-refractivity contribution in [2.45, 2.75) is 49.9 Å². The van der Waals surface area contributed by atoms with E-state index in [0.29, 0.717) is 62.5 Å². The lowest BCUT2D eigenvalue weighted by molar-refractivity contribution is -0.151. The van der Waals surface area contributed by atoms with E-state index in [1.165, 1.54) is 30.8 Å². The number of oxime groups is 1. The third-order valence-electron chi connectivity index (χ3n) is 7.13. The van der Waals surface area contributed by atoms with Crippen molar-refractivity contribution < 1.29 is 23.1 Å². The molecule has 2 aromatic rings. The molecule has 3 aliphatic rings. The zero-order valence-electron chi connectivity index (χ0n) is 19.1. The Morgan fingerprint density at radius 2 is 1.97 bits per heavy atom. The van der Waals surface area contributed by atoms with Crippen molar-refractivity contribution in [3.63, 3.8) is 0 Å². The van der Waals surface area contributed by atoms with Crippen LogP contribution in [0.2, 0.25) is 0 Å². The van der Waals surface area contributed by atoms with E-state index in [1.807, 2.05) is 6.07 Å². The van der Waals surface area contributed by atoms with Crippen LogP contribution in [0.5, 0.6) is 5.75 Å². The topological polar surface area (TPSA) is 67.3 Å². The van der Waals surface area contributed by atoms with Crippen molar-refractivity contribution >= 4 is 23.2 Å². The zero-order valence-corrected chi connectivity index (χ0v) is 20.0. The van der Waals surface area contributed by atoms with Crippen LogP contribution in [0.15, 0.2) is 35.6 Å². The van der Waals surface area contributed by atoms with Crippen molar-refractivity contribution in [3.8, 4) is 5.75 Å². The van der Waals surface area contributed by atoms with E-state index in [9.17, 15) is 9.18 Å². The van der Waals surface area contributed by atoms with Gasteiger partial charge in [0.1, 0.15) is 24.3 Å². The molecule has 2 fully saturated rings. The Bertz CT molecular complexity index is 1060. The molecule has 0 N–H and O–H groups in total. The van der Waals surface area contributed by atoms with Gasteiger partial charge in [-0.1, -0.05) is 5.16 Å². The van der Waals surface area contributed by atoms with Gasteiger partial charge in [0.2, 0.25) is 0 Å². The molecule has 1 amide bonds. The van der Waals surface area contributed by atoms with Crippen molar-refractivity contribution in [2.24, 2.45) is 5.16 Å². The summed E-state index contributed by atoms with van der Waals surface area (Å²) < 4.78 is 39.9.